The van der Waals surface area contributed by atoms with Gasteiger partial charge in [-0.15, -0.1) is 0 Å². The highest BCUT2D eigenvalue weighted by molar-refractivity contribution is 8.14. The van der Waals surface area contributed by atoms with Crippen LogP contribution in [0, 0.1) is 11.8 Å². The van der Waals surface area contributed by atoms with E-state index >= 15 is 0 Å². The van der Waals surface area contributed by atoms with Crippen LogP contribution in [-0.2, 0) is 9.59 Å². The minimum Gasteiger partial charge on any atom is -0.303 e. The predicted octanol–water partition coefficient (Wildman–Crippen LogP) is 2.52. The first kappa shape index (κ1) is 12.7. The van der Waals surface area contributed by atoms with Crippen LogP contribution < -0.4 is 0 Å². The van der Waals surface area contributed by atoms with Crippen LogP contribution in [0.5, 0.6) is 0 Å². The van der Waals surface area contributed by atoms with Crippen molar-refractivity contribution in [1.82, 2.24) is 0 Å². The maximum atomic E-state index is 11.5. The second kappa shape index (κ2) is 6.19. The Morgan fingerprint density at radius 3 is 2.23 bits per heavy atom. The summed E-state index contributed by atoms with van der Waals surface area (Å²) in [6, 6.07) is 0. The third kappa shape index (κ3) is 5.09. The molecule has 0 aliphatic carbocycles. The zero-order valence-corrected chi connectivity index (χ0v) is 9.56. The second-order valence-corrected chi connectivity index (χ2v) is 5.23. The molecular weight excluding hydrogens is 184 g/mol. The van der Waals surface area contributed by atoms with Gasteiger partial charge in [0.2, 0.25) is 0 Å². The maximum absolute atomic E-state index is 11.5. The Bertz CT molecular complexity index is 178. The zero-order valence-electron chi connectivity index (χ0n) is 8.74. The lowest BCUT2D eigenvalue weighted by molar-refractivity contribution is -0.115. The molecule has 0 N–H and O–H groups in total. The van der Waals surface area contributed by atoms with E-state index in [1.54, 1.807) is 0 Å². The molecule has 76 valence electrons. The minimum absolute atomic E-state index is 0.0161. The van der Waals surface area contributed by atoms with E-state index in [1.165, 1.54) is 11.8 Å². The van der Waals surface area contributed by atoms with E-state index in [0.29, 0.717) is 11.7 Å². The predicted molar refractivity (Wildman–Crippen MR) is 56.7 cm³/mol. The van der Waals surface area contributed by atoms with Crippen LogP contribution >= 0.6 is 11.8 Å². The average Bonchev–Trinajstić information content (AvgIpc) is 2.02. The Labute approximate surface area is 84.5 Å². The van der Waals surface area contributed by atoms with Crippen molar-refractivity contribution in [3.05, 3.63) is 0 Å². The van der Waals surface area contributed by atoms with Crippen molar-refractivity contribution in [2.75, 3.05) is 0 Å². The number of hydrogen-bond donors (Lipinski definition) is 0. The van der Waals surface area contributed by atoms with Crippen LogP contribution in [0.1, 0.15) is 34.1 Å². The van der Waals surface area contributed by atoms with E-state index in [0.717, 1.165) is 6.29 Å². The van der Waals surface area contributed by atoms with Gasteiger partial charge in [0.15, 0.2) is 5.12 Å². The number of rotatable bonds is 5. The van der Waals surface area contributed by atoms with E-state index in [4.69, 9.17) is 0 Å². The summed E-state index contributed by atoms with van der Waals surface area (Å²) in [5.41, 5.74) is 0. The maximum Gasteiger partial charge on any atom is 0.192 e. The molecule has 2 atom stereocenters. The van der Waals surface area contributed by atoms with Crippen LogP contribution in [0.2, 0.25) is 0 Å². The van der Waals surface area contributed by atoms with Gasteiger partial charge >= 0.3 is 0 Å². The van der Waals surface area contributed by atoms with Gasteiger partial charge in [0.25, 0.3) is 0 Å². The highest BCUT2D eigenvalue weighted by Crippen LogP contribution is 2.23. The summed E-state index contributed by atoms with van der Waals surface area (Å²) in [7, 11) is 0. The molecule has 0 aromatic heterocycles. The molecule has 0 amide bonds. The third-order valence-electron chi connectivity index (χ3n) is 2.05. The Morgan fingerprint density at radius 1 is 1.31 bits per heavy atom. The molecule has 0 aliphatic rings. The van der Waals surface area contributed by atoms with Gasteiger partial charge < -0.3 is 4.79 Å². The van der Waals surface area contributed by atoms with Gasteiger partial charge in [-0.05, 0) is 5.92 Å². The standard InChI is InChI=1S/C10H18O2S/c1-7(2)13-10(12)9(4)8(3)5-6-11/h6-9H,5H2,1-4H3/t8-,9+/m1/s1. The number of aldehydes is 1. The molecule has 13 heavy (non-hydrogen) atoms. The van der Waals surface area contributed by atoms with Crippen molar-refractivity contribution < 1.29 is 9.59 Å². The fraction of sp³-hybridized carbons (Fsp3) is 0.800. The first-order valence-corrected chi connectivity index (χ1v) is 5.51. The smallest absolute Gasteiger partial charge is 0.192 e. The van der Waals surface area contributed by atoms with Crippen molar-refractivity contribution >= 4 is 23.2 Å². The summed E-state index contributed by atoms with van der Waals surface area (Å²) in [4.78, 5) is 21.8. The summed E-state index contributed by atoms with van der Waals surface area (Å²) >= 11 is 1.36. The molecule has 0 saturated heterocycles. The number of hydrogen-bond acceptors (Lipinski definition) is 3. The van der Waals surface area contributed by atoms with Crippen LogP contribution in [-0.4, -0.2) is 16.7 Å². The van der Waals surface area contributed by atoms with E-state index in [9.17, 15) is 9.59 Å². The highest BCUT2D eigenvalue weighted by Gasteiger charge is 2.20. The van der Waals surface area contributed by atoms with E-state index in [2.05, 4.69) is 0 Å². The number of thioether (sulfide) groups is 1. The molecule has 0 unspecified atom stereocenters. The topological polar surface area (TPSA) is 34.1 Å². The fourth-order valence-electron chi connectivity index (χ4n) is 0.928. The van der Waals surface area contributed by atoms with Crippen molar-refractivity contribution in [2.45, 2.75) is 39.4 Å². The van der Waals surface area contributed by atoms with Gasteiger partial charge in [-0.2, -0.15) is 0 Å². The van der Waals surface area contributed by atoms with Crippen LogP contribution in [0.3, 0.4) is 0 Å². The van der Waals surface area contributed by atoms with Crippen molar-refractivity contribution in [1.29, 1.82) is 0 Å². The highest BCUT2D eigenvalue weighted by atomic mass is 32.2. The Morgan fingerprint density at radius 2 is 1.85 bits per heavy atom. The largest absolute Gasteiger partial charge is 0.303 e. The SMILES string of the molecule is CC(C)SC(=O)[C@@H](C)[C@H](C)CC=O. The van der Waals surface area contributed by atoms with E-state index < -0.39 is 0 Å². The summed E-state index contributed by atoms with van der Waals surface area (Å²) in [5, 5.41) is 0.530. The van der Waals surface area contributed by atoms with E-state index in [1.807, 2.05) is 27.7 Å². The molecule has 0 aromatic carbocycles. The average molecular weight is 202 g/mol. The molecule has 0 radical (unpaired) electrons. The Hall–Kier alpha value is -0.310. The van der Waals surface area contributed by atoms with Crippen LogP contribution in [0.15, 0.2) is 0 Å². The first-order valence-electron chi connectivity index (χ1n) is 4.63. The quantitative estimate of drug-likeness (QED) is 0.642. The lowest BCUT2D eigenvalue weighted by atomic mass is 9.95. The second-order valence-electron chi connectivity index (χ2n) is 3.65. The van der Waals surface area contributed by atoms with Gasteiger partial charge in [-0.1, -0.05) is 39.5 Å². The van der Waals surface area contributed by atoms with Crippen LogP contribution in [0.25, 0.3) is 0 Å². The molecule has 0 aromatic rings. The molecule has 0 saturated carbocycles. The van der Waals surface area contributed by atoms with E-state index in [-0.39, 0.29) is 17.0 Å². The molecule has 0 heterocycles. The van der Waals surface area contributed by atoms with Gasteiger partial charge in [-0.3, -0.25) is 4.79 Å². The normalized spacial score (nSPS) is 15.5. The van der Waals surface area contributed by atoms with Gasteiger partial charge in [0.1, 0.15) is 6.29 Å². The molecule has 3 heteroatoms. The molecule has 0 bridgehead atoms. The first-order chi connectivity index (χ1) is 5.99. The van der Waals surface area contributed by atoms with Crippen molar-refractivity contribution in [2.24, 2.45) is 11.8 Å². The molecule has 0 spiro atoms. The van der Waals surface area contributed by atoms with Gasteiger partial charge in [0.05, 0.1) is 0 Å². The Kier molecular flexibility index (Phi) is 6.04. The van der Waals surface area contributed by atoms with Crippen molar-refractivity contribution in [3.8, 4) is 0 Å². The zero-order chi connectivity index (χ0) is 10.4. The third-order valence-corrected chi connectivity index (χ3v) is 3.12. The summed E-state index contributed by atoms with van der Waals surface area (Å²) in [6.07, 6.45) is 1.36. The minimum atomic E-state index is -0.0161. The summed E-state index contributed by atoms with van der Waals surface area (Å²) < 4.78 is 0. The Balaban J connectivity index is 4.00. The summed E-state index contributed by atoms with van der Waals surface area (Å²) in [6.45, 7) is 7.84. The van der Waals surface area contributed by atoms with Gasteiger partial charge in [0, 0.05) is 17.6 Å². The fourth-order valence-corrected chi connectivity index (χ4v) is 1.84. The molecule has 2 nitrogen and oxygen atoms in total. The molecular formula is C10H18O2S. The number of carbonyl (C=O) groups is 2. The lowest BCUT2D eigenvalue weighted by Gasteiger charge is -2.16. The molecule has 0 aliphatic heterocycles. The molecule has 0 fully saturated rings. The van der Waals surface area contributed by atoms with Gasteiger partial charge in [-0.25, -0.2) is 0 Å². The monoisotopic (exact) mass is 202 g/mol. The molecule has 0 rings (SSSR count). The van der Waals surface area contributed by atoms with Crippen molar-refractivity contribution in [3.63, 3.8) is 0 Å². The van der Waals surface area contributed by atoms with Crippen LogP contribution in [0.4, 0.5) is 0 Å². The lowest BCUT2D eigenvalue weighted by Crippen LogP contribution is -2.17. The summed E-state index contributed by atoms with van der Waals surface area (Å²) in [5.74, 6) is 0.147. The number of carbonyl (C=O) groups excluding carboxylic acids is 2.